The summed E-state index contributed by atoms with van der Waals surface area (Å²) in [5.41, 5.74) is 7.63. The van der Waals surface area contributed by atoms with Crippen LogP contribution in [0.25, 0.3) is 0 Å². The van der Waals surface area contributed by atoms with E-state index in [9.17, 15) is 0 Å². The number of hydrogen-bond acceptors (Lipinski definition) is 2. The molecule has 0 bridgehead atoms. The van der Waals surface area contributed by atoms with Crippen LogP contribution in [0.5, 0.6) is 0 Å². The number of nitrogens with two attached hydrogens (primary N) is 1. The Morgan fingerprint density at radius 1 is 1.26 bits per heavy atom. The summed E-state index contributed by atoms with van der Waals surface area (Å²) in [5, 5.41) is 1.42. The zero-order valence-electron chi connectivity index (χ0n) is 11.8. The summed E-state index contributed by atoms with van der Waals surface area (Å²) in [6, 6.07) is 8.53. The van der Waals surface area contributed by atoms with E-state index < -0.39 is 0 Å². The van der Waals surface area contributed by atoms with Gasteiger partial charge in [-0.1, -0.05) is 37.6 Å². The average Bonchev–Trinajstić information content (AvgIpc) is 2.39. The van der Waals surface area contributed by atoms with Crippen LogP contribution in [0.3, 0.4) is 0 Å². The van der Waals surface area contributed by atoms with Gasteiger partial charge in [-0.3, -0.25) is 0 Å². The monoisotopic (exact) mass is 297 g/mol. The van der Waals surface area contributed by atoms with Crippen molar-refractivity contribution in [2.45, 2.75) is 50.2 Å². The van der Waals surface area contributed by atoms with Crippen LogP contribution in [0.4, 0.5) is 0 Å². The highest BCUT2D eigenvalue weighted by molar-refractivity contribution is 7.99. The molecule has 0 aliphatic heterocycles. The Kier molecular flexibility index (Phi) is 5.61. The molecule has 1 aliphatic rings. The van der Waals surface area contributed by atoms with Crippen LogP contribution in [-0.4, -0.2) is 11.3 Å². The number of hydrogen-bond donors (Lipinski definition) is 1. The van der Waals surface area contributed by atoms with Gasteiger partial charge in [0.15, 0.2) is 0 Å². The number of thioether (sulfide) groups is 1. The molecule has 0 spiro atoms. The van der Waals surface area contributed by atoms with Crippen LogP contribution in [0.2, 0.25) is 5.02 Å². The van der Waals surface area contributed by atoms with E-state index in [4.69, 9.17) is 17.3 Å². The lowest BCUT2D eigenvalue weighted by Gasteiger charge is -2.35. The molecule has 1 nitrogen and oxygen atoms in total. The molecule has 1 aromatic rings. The first kappa shape index (κ1) is 15.2. The predicted molar refractivity (Wildman–Crippen MR) is 86.7 cm³/mol. The lowest BCUT2D eigenvalue weighted by Crippen LogP contribution is -2.39. The molecule has 2 rings (SSSR count). The molecule has 0 radical (unpaired) electrons. The lowest BCUT2D eigenvalue weighted by atomic mass is 9.79. The third-order valence-electron chi connectivity index (χ3n) is 4.20. The quantitative estimate of drug-likeness (QED) is 0.870. The zero-order valence-corrected chi connectivity index (χ0v) is 13.4. The van der Waals surface area contributed by atoms with E-state index in [0.29, 0.717) is 11.3 Å². The van der Waals surface area contributed by atoms with Gasteiger partial charge in [0.05, 0.1) is 0 Å². The average molecular weight is 298 g/mol. The molecule has 19 heavy (non-hydrogen) atoms. The molecule has 3 heteroatoms. The molecule has 1 aliphatic carbocycles. The van der Waals surface area contributed by atoms with E-state index in [0.717, 1.165) is 22.6 Å². The van der Waals surface area contributed by atoms with Gasteiger partial charge in [-0.25, -0.2) is 0 Å². The molecule has 3 atom stereocenters. The molecule has 106 valence electrons. The van der Waals surface area contributed by atoms with Crippen molar-refractivity contribution < 1.29 is 0 Å². The van der Waals surface area contributed by atoms with Crippen LogP contribution in [0.1, 0.15) is 38.7 Å². The lowest BCUT2D eigenvalue weighted by molar-refractivity contribution is 0.266. The molecule has 2 N–H and O–H groups in total. The SMILES string of the molecule is CC(C)C1CCC(N)C(SCc2ccc(Cl)cc2)C1. The minimum Gasteiger partial charge on any atom is -0.327 e. The van der Waals surface area contributed by atoms with Crippen molar-refractivity contribution in [3.05, 3.63) is 34.9 Å². The second-order valence-electron chi connectivity index (χ2n) is 5.96. The highest BCUT2D eigenvalue weighted by Crippen LogP contribution is 2.36. The molecular weight excluding hydrogens is 274 g/mol. The van der Waals surface area contributed by atoms with Crippen molar-refractivity contribution in [2.24, 2.45) is 17.6 Å². The van der Waals surface area contributed by atoms with Crippen molar-refractivity contribution in [1.29, 1.82) is 0 Å². The standard InChI is InChI=1S/C16H24ClNS/c1-11(2)13-5-8-15(18)16(9-13)19-10-12-3-6-14(17)7-4-12/h3-4,6-7,11,13,15-16H,5,8-10,18H2,1-2H3. The van der Waals surface area contributed by atoms with E-state index >= 15 is 0 Å². The molecule has 1 fully saturated rings. The predicted octanol–water partition coefficient (Wildman–Crippen LogP) is 4.73. The molecule has 0 amide bonds. The highest BCUT2D eigenvalue weighted by atomic mass is 35.5. The minimum atomic E-state index is 0.368. The smallest absolute Gasteiger partial charge is 0.0406 e. The van der Waals surface area contributed by atoms with Crippen molar-refractivity contribution >= 4 is 23.4 Å². The van der Waals surface area contributed by atoms with Gasteiger partial charge in [-0.15, -0.1) is 0 Å². The van der Waals surface area contributed by atoms with Crippen LogP contribution in [0, 0.1) is 11.8 Å². The fraction of sp³-hybridized carbons (Fsp3) is 0.625. The fourth-order valence-corrected chi connectivity index (χ4v) is 4.26. The molecular formula is C16H24ClNS. The Balaban J connectivity index is 1.88. The number of benzene rings is 1. The van der Waals surface area contributed by atoms with Gasteiger partial charge >= 0.3 is 0 Å². The van der Waals surface area contributed by atoms with Gasteiger partial charge in [0.1, 0.15) is 0 Å². The summed E-state index contributed by atoms with van der Waals surface area (Å²) in [6.45, 7) is 4.67. The maximum atomic E-state index is 6.29. The second-order valence-corrected chi connectivity index (χ2v) is 7.62. The summed E-state index contributed by atoms with van der Waals surface area (Å²) in [5.74, 6) is 2.68. The van der Waals surface area contributed by atoms with Crippen molar-refractivity contribution in [3.8, 4) is 0 Å². The number of rotatable bonds is 4. The molecule has 1 saturated carbocycles. The van der Waals surface area contributed by atoms with Gasteiger partial charge in [0.25, 0.3) is 0 Å². The summed E-state index contributed by atoms with van der Waals surface area (Å²) >= 11 is 7.93. The van der Waals surface area contributed by atoms with Gasteiger partial charge in [-0.2, -0.15) is 11.8 Å². The molecule has 0 saturated heterocycles. The van der Waals surface area contributed by atoms with Crippen LogP contribution in [-0.2, 0) is 5.75 Å². The van der Waals surface area contributed by atoms with E-state index in [-0.39, 0.29) is 0 Å². The van der Waals surface area contributed by atoms with E-state index in [1.165, 1.54) is 24.8 Å². The first-order valence-electron chi connectivity index (χ1n) is 7.18. The van der Waals surface area contributed by atoms with Gasteiger partial charge in [-0.05, 0) is 48.8 Å². The fourth-order valence-electron chi connectivity index (χ4n) is 2.76. The molecule has 0 heterocycles. The largest absolute Gasteiger partial charge is 0.327 e. The van der Waals surface area contributed by atoms with E-state index in [1.54, 1.807) is 0 Å². The van der Waals surface area contributed by atoms with Gasteiger partial charge in [0.2, 0.25) is 0 Å². The summed E-state index contributed by atoms with van der Waals surface area (Å²) in [4.78, 5) is 0. The Hall–Kier alpha value is -0.180. The normalized spacial score (nSPS) is 27.7. The van der Waals surface area contributed by atoms with Crippen LogP contribution >= 0.6 is 23.4 Å². The van der Waals surface area contributed by atoms with Crippen molar-refractivity contribution in [1.82, 2.24) is 0 Å². The Bertz CT molecular complexity index is 390. The third kappa shape index (κ3) is 4.40. The maximum Gasteiger partial charge on any atom is 0.0406 e. The highest BCUT2D eigenvalue weighted by Gasteiger charge is 2.29. The Labute approximate surface area is 126 Å². The third-order valence-corrected chi connectivity index (χ3v) is 5.93. The van der Waals surface area contributed by atoms with Gasteiger partial charge in [0, 0.05) is 22.1 Å². The number of halogens is 1. The summed E-state index contributed by atoms with van der Waals surface area (Å²) in [7, 11) is 0. The first-order valence-corrected chi connectivity index (χ1v) is 8.60. The summed E-state index contributed by atoms with van der Waals surface area (Å²) in [6.07, 6.45) is 3.76. The van der Waals surface area contributed by atoms with Crippen LogP contribution < -0.4 is 5.73 Å². The Morgan fingerprint density at radius 3 is 2.58 bits per heavy atom. The van der Waals surface area contributed by atoms with E-state index in [2.05, 4.69) is 26.0 Å². The first-order chi connectivity index (χ1) is 9.06. The molecule has 1 aromatic carbocycles. The zero-order chi connectivity index (χ0) is 13.8. The van der Waals surface area contributed by atoms with Crippen LogP contribution in [0.15, 0.2) is 24.3 Å². The van der Waals surface area contributed by atoms with Gasteiger partial charge < -0.3 is 5.73 Å². The Morgan fingerprint density at radius 2 is 1.95 bits per heavy atom. The van der Waals surface area contributed by atoms with Crippen molar-refractivity contribution in [2.75, 3.05) is 0 Å². The van der Waals surface area contributed by atoms with Crippen molar-refractivity contribution in [3.63, 3.8) is 0 Å². The minimum absolute atomic E-state index is 0.368. The molecule has 3 unspecified atom stereocenters. The second kappa shape index (κ2) is 7.01. The maximum absolute atomic E-state index is 6.29. The molecule has 0 aromatic heterocycles. The topological polar surface area (TPSA) is 26.0 Å². The summed E-state index contributed by atoms with van der Waals surface area (Å²) < 4.78 is 0. The van der Waals surface area contributed by atoms with E-state index in [1.807, 2.05) is 23.9 Å².